The Labute approximate surface area is 102 Å². The lowest BCUT2D eigenvalue weighted by molar-refractivity contribution is -0.176. The molecule has 0 radical (unpaired) electrons. The highest BCUT2D eigenvalue weighted by atomic mass is 17.0. The molecular formula is C15H18O2. The topological polar surface area (TPSA) is 40.5 Å². The van der Waals surface area contributed by atoms with Crippen LogP contribution >= 0.6 is 0 Å². The van der Waals surface area contributed by atoms with E-state index in [1.54, 1.807) is 0 Å². The first kappa shape index (κ1) is 13.4. The van der Waals surface area contributed by atoms with Gasteiger partial charge in [0.2, 0.25) is 0 Å². The van der Waals surface area contributed by atoms with Crippen molar-refractivity contribution in [3.05, 3.63) is 60.2 Å². The average Bonchev–Trinajstić information content (AvgIpc) is 2.42. The molecule has 0 saturated heterocycles. The maximum absolute atomic E-state index is 6.00. The molecule has 0 saturated carbocycles. The fourth-order valence-corrected chi connectivity index (χ4v) is 1.88. The van der Waals surface area contributed by atoms with Gasteiger partial charge in [-0.25, -0.2) is 0 Å². The average molecular weight is 230 g/mol. The quantitative estimate of drug-likeness (QED) is 0.589. The highest BCUT2D eigenvalue weighted by Gasteiger charge is 2.06. The SMILES string of the molecule is CC(C)c1ccccc1-c1ccccc1.OO. The lowest BCUT2D eigenvalue weighted by Crippen LogP contribution is -1.91. The van der Waals surface area contributed by atoms with Crippen LogP contribution in [0.4, 0.5) is 0 Å². The lowest BCUT2D eigenvalue weighted by Gasteiger charge is -2.12. The van der Waals surface area contributed by atoms with Gasteiger partial charge in [-0.1, -0.05) is 68.4 Å². The Hall–Kier alpha value is -1.64. The van der Waals surface area contributed by atoms with Crippen LogP contribution in [0.25, 0.3) is 11.1 Å². The van der Waals surface area contributed by atoms with Crippen molar-refractivity contribution in [3.8, 4) is 11.1 Å². The summed E-state index contributed by atoms with van der Waals surface area (Å²) in [4.78, 5) is 0. The zero-order chi connectivity index (χ0) is 12.7. The Morgan fingerprint density at radius 3 is 1.88 bits per heavy atom. The molecule has 0 aliphatic carbocycles. The Morgan fingerprint density at radius 1 is 0.765 bits per heavy atom. The third kappa shape index (κ3) is 3.41. The minimum absolute atomic E-state index is 0.571. The predicted octanol–water partition coefficient (Wildman–Crippen LogP) is 4.49. The molecule has 0 heterocycles. The molecule has 90 valence electrons. The van der Waals surface area contributed by atoms with Crippen LogP contribution in [0.5, 0.6) is 0 Å². The van der Waals surface area contributed by atoms with Gasteiger partial charge < -0.3 is 0 Å². The normalized spacial score (nSPS) is 9.71. The molecule has 2 aromatic rings. The standard InChI is InChI=1S/C15H16.H2O2/c1-12(2)14-10-6-7-11-15(14)13-8-4-3-5-9-13;1-2/h3-12H,1-2H3;1-2H. The summed E-state index contributed by atoms with van der Waals surface area (Å²) in [5.41, 5.74) is 4.08. The monoisotopic (exact) mass is 230 g/mol. The molecular weight excluding hydrogens is 212 g/mol. The van der Waals surface area contributed by atoms with Crippen molar-refractivity contribution in [1.82, 2.24) is 0 Å². The molecule has 2 aromatic carbocycles. The fourth-order valence-electron chi connectivity index (χ4n) is 1.88. The van der Waals surface area contributed by atoms with Gasteiger partial charge in [0, 0.05) is 0 Å². The Kier molecular flexibility index (Phi) is 5.40. The van der Waals surface area contributed by atoms with Crippen molar-refractivity contribution in [2.24, 2.45) is 0 Å². The molecule has 0 amide bonds. The van der Waals surface area contributed by atoms with E-state index in [-0.39, 0.29) is 0 Å². The molecule has 0 spiro atoms. The highest BCUT2D eigenvalue weighted by Crippen LogP contribution is 2.28. The summed E-state index contributed by atoms with van der Waals surface area (Å²) in [6.07, 6.45) is 0. The van der Waals surface area contributed by atoms with Crippen molar-refractivity contribution >= 4 is 0 Å². The van der Waals surface area contributed by atoms with Crippen LogP contribution < -0.4 is 0 Å². The van der Waals surface area contributed by atoms with E-state index in [0.29, 0.717) is 5.92 Å². The summed E-state index contributed by atoms with van der Waals surface area (Å²) in [5.74, 6) is 0.571. The van der Waals surface area contributed by atoms with E-state index >= 15 is 0 Å². The molecule has 17 heavy (non-hydrogen) atoms. The Balaban J connectivity index is 0.000000686. The van der Waals surface area contributed by atoms with Crippen LogP contribution in [0.1, 0.15) is 25.3 Å². The van der Waals surface area contributed by atoms with Gasteiger partial charge in [-0.2, -0.15) is 0 Å². The highest BCUT2D eigenvalue weighted by molar-refractivity contribution is 5.67. The molecule has 0 aliphatic rings. The molecule has 2 heteroatoms. The molecule has 2 rings (SSSR count). The van der Waals surface area contributed by atoms with Crippen molar-refractivity contribution in [1.29, 1.82) is 0 Å². The molecule has 0 unspecified atom stereocenters. The Bertz CT molecular complexity index is 436. The van der Waals surface area contributed by atoms with Crippen molar-refractivity contribution < 1.29 is 10.5 Å². The Morgan fingerprint density at radius 2 is 1.29 bits per heavy atom. The van der Waals surface area contributed by atoms with Gasteiger partial charge >= 0.3 is 0 Å². The van der Waals surface area contributed by atoms with Crippen LogP contribution in [0.3, 0.4) is 0 Å². The maximum Gasteiger partial charge on any atom is -0.0149 e. The third-order valence-corrected chi connectivity index (χ3v) is 2.67. The largest absolute Gasteiger partial charge is 0.255 e. The molecule has 0 atom stereocenters. The van der Waals surface area contributed by atoms with E-state index in [1.807, 2.05) is 0 Å². The molecule has 2 N–H and O–H groups in total. The van der Waals surface area contributed by atoms with E-state index in [0.717, 1.165) is 0 Å². The van der Waals surface area contributed by atoms with Gasteiger partial charge in [0.15, 0.2) is 0 Å². The van der Waals surface area contributed by atoms with Crippen LogP contribution in [0.2, 0.25) is 0 Å². The number of hydrogen-bond donors (Lipinski definition) is 2. The van der Waals surface area contributed by atoms with Gasteiger partial charge in [-0.05, 0) is 22.6 Å². The third-order valence-electron chi connectivity index (χ3n) is 2.67. The van der Waals surface area contributed by atoms with Crippen LogP contribution in [0.15, 0.2) is 54.6 Å². The van der Waals surface area contributed by atoms with E-state index in [1.165, 1.54) is 16.7 Å². The predicted molar refractivity (Wildman–Crippen MR) is 71.2 cm³/mol. The minimum Gasteiger partial charge on any atom is -0.255 e. The van der Waals surface area contributed by atoms with Crippen molar-refractivity contribution in [3.63, 3.8) is 0 Å². The maximum atomic E-state index is 6.00. The summed E-state index contributed by atoms with van der Waals surface area (Å²) >= 11 is 0. The number of hydrogen-bond acceptors (Lipinski definition) is 2. The second kappa shape index (κ2) is 6.84. The van der Waals surface area contributed by atoms with E-state index in [2.05, 4.69) is 68.4 Å². The summed E-state index contributed by atoms with van der Waals surface area (Å²) in [7, 11) is 0. The second-order valence-corrected chi connectivity index (χ2v) is 4.11. The zero-order valence-electron chi connectivity index (χ0n) is 10.2. The van der Waals surface area contributed by atoms with Crippen molar-refractivity contribution in [2.75, 3.05) is 0 Å². The van der Waals surface area contributed by atoms with Crippen LogP contribution in [-0.4, -0.2) is 10.5 Å². The first-order valence-corrected chi connectivity index (χ1v) is 5.63. The van der Waals surface area contributed by atoms with Gasteiger partial charge in [0.1, 0.15) is 0 Å². The zero-order valence-corrected chi connectivity index (χ0v) is 10.2. The summed E-state index contributed by atoms with van der Waals surface area (Å²) < 4.78 is 0. The van der Waals surface area contributed by atoms with Gasteiger partial charge in [0.25, 0.3) is 0 Å². The second-order valence-electron chi connectivity index (χ2n) is 4.11. The molecule has 0 bridgehead atoms. The number of benzene rings is 2. The molecule has 0 aromatic heterocycles. The lowest BCUT2D eigenvalue weighted by atomic mass is 9.93. The fraction of sp³-hybridized carbons (Fsp3) is 0.200. The first-order valence-electron chi connectivity index (χ1n) is 5.63. The smallest absolute Gasteiger partial charge is 0.0149 e. The summed E-state index contributed by atoms with van der Waals surface area (Å²) in [6, 6.07) is 19.2. The van der Waals surface area contributed by atoms with Crippen LogP contribution in [-0.2, 0) is 0 Å². The minimum atomic E-state index is 0.571. The summed E-state index contributed by atoms with van der Waals surface area (Å²) in [5, 5.41) is 12.0. The van der Waals surface area contributed by atoms with Crippen molar-refractivity contribution in [2.45, 2.75) is 19.8 Å². The molecule has 2 nitrogen and oxygen atoms in total. The van der Waals surface area contributed by atoms with Crippen LogP contribution in [0, 0.1) is 0 Å². The number of rotatable bonds is 2. The van der Waals surface area contributed by atoms with E-state index in [4.69, 9.17) is 10.5 Å². The van der Waals surface area contributed by atoms with Gasteiger partial charge in [0.05, 0.1) is 0 Å². The molecule has 0 aliphatic heterocycles. The molecule has 0 fully saturated rings. The van der Waals surface area contributed by atoms with E-state index < -0.39 is 0 Å². The first-order chi connectivity index (χ1) is 8.29. The van der Waals surface area contributed by atoms with Gasteiger partial charge in [-0.15, -0.1) is 0 Å². The van der Waals surface area contributed by atoms with Gasteiger partial charge in [-0.3, -0.25) is 10.5 Å². The van der Waals surface area contributed by atoms with E-state index in [9.17, 15) is 0 Å². The summed E-state index contributed by atoms with van der Waals surface area (Å²) in [6.45, 7) is 4.48.